The number of hydrogen-bond acceptors (Lipinski definition) is 2. The van der Waals surface area contributed by atoms with E-state index in [9.17, 15) is 5.11 Å². The molecular formula is C22H34OS. The van der Waals surface area contributed by atoms with Crippen LogP contribution >= 0.6 is 11.8 Å². The Hall–Kier alpha value is 0.0500. The van der Waals surface area contributed by atoms with Crippen molar-refractivity contribution in [3.8, 4) is 0 Å². The first-order valence-corrected chi connectivity index (χ1v) is 11.4. The average molecular weight is 347 g/mol. The molecule has 24 heavy (non-hydrogen) atoms. The lowest BCUT2D eigenvalue weighted by Crippen LogP contribution is -2.51. The number of aliphatic hydroxyl groups is 1. The summed E-state index contributed by atoms with van der Waals surface area (Å²) in [5.41, 5.74) is 2.63. The van der Waals surface area contributed by atoms with Crippen molar-refractivity contribution in [2.75, 3.05) is 5.75 Å². The minimum atomic E-state index is -0.0718. The van der Waals surface area contributed by atoms with E-state index in [-0.39, 0.29) is 6.10 Å². The Labute approximate surface area is 152 Å². The van der Waals surface area contributed by atoms with Gasteiger partial charge in [-0.2, -0.15) is 11.8 Å². The first-order chi connectivity index (χ1) is 11.4. The standard InChI is InChI=1S/C22H34OS/c1-20-10-8-15(23)12-14(20)4-5-16-17-6-7-19(22(3)13-24-22)21(17,2)11-9-18(16)20/h4,15-19,23H,5-13H2,1-3H3/t15-,16-,17-,18-,19-,20-,21-,22-/m0/s1. The van der Waals surface area contributed by atoms with Gasteiger partial charge in [0.1, 0.15) is 0 Å². The van der Waals surface area contributed by atoms with E-state index in [4.69, 9.17) is 0 Å². The molecule has 134 valence electrons. The molecular weight excluding hydrogens is 312 g/mol. The molecule has 8 atom stereocenters. The van der Waals surface area contributed by atoms with Crippen molar-refractivity contribution in [2.45, 2.75) is 83.0 Å². The number of hydrogen-bond donors (Lipinski definition) is 1. The topological polar surface area (TPSA) is 20.2 Å². The molecule has 4 fully saturated rings. The molecule has 1 N–H and O–H groups in total. The van der Waals surface area contributed by atoms with Gasteiger partial charge in [0.2, 0.25) is 0 Å². The number of fused-ring (bicyclic) bond motifs is 5. The summed E-state index contributed by atoms with van der Waals surface area (Å²) in [7, 11) is 0. The molecule has 0 amide bonds. The maximum atomic E-state index is 10.1. The van der Waals surface area contributed by atoms with Crippen molar-refractivity contribution >= 4 is 11.8 Å². The lowest BCUT2D eigenvalue weighted by atomic mass is 9.47. The van der Waals surface area contributed by atoms with Gasteiger partial charge < -0.3 is 5.11 Å². The van der Waals surface area contributed by atoms with E-state index in [2.05, 4.69) is 38.6 Å². The van der Waals surface area contributed by atoms with E-state index >= 15 is 0 Å². The van der Waals surface area contributed by atoms with Gasteiger partial charge in [0.05, 0.1) is 6.10 Å². The van der Waals surface area contributed by atoms with Crippen LogP contribution in [-0.2, 0) is 0 Å². The van der Waals surface area contributed by atoms with Gasteiger partial charge in [0.25, 0.3) is 0 Å². The first-order valence-electron chi connectivity index (χ1n) is 10.4. The number of allylic oxidation sites excluding steroid dienone is 1. The fourth-order valence-corrected chi connectivity index (χ4v) is 8.98. The van der Waals surface area contributed by atoms with E-state index in [0.717, 1.165) is 36.5 Å². The van der Waals surface area contributed by atoms with Crippen LogP contribution < -0.4 is 0 Å². The van der Waals surface area contributed by atoms with Gasteiger partial charge >= 0.3 is 0 Å². The fraction of sp³-hybridized carbons (Fsp3) is 0.909. The van der Waals surface area contributed by atoms with Crippen LogP contribution in [0.3, 0.4) is 0 Å². The fourth-order valence-electron chi connectivity index (χ4n) is 7.96. The molecule has 0 radical (unpaired) electrons. The van der Waals surface area contributed by atoms with Crippen molar-refractivity contribution in [1.82, 2.24) is 0 Å². The van der Waals surface area contributed by atoms with Gasteiger partial charge in [-0.15, -0.1) is 0 Å². The second kappa shape index (κ2) is 5.06. The summed E-state index contributed by atoms with van der Waals surface area (Å²) in [6.45, 7) is 7.77. The number of aliphatic hydroxyl groups excluding tert-OH is 1. The quantitative estimate of drug-likeness (QED) is 0.504. The minimum absolute atomic E-state index is 0.0718. The Morgan fingerprint density at radius 3 is 2.58 bits per heavy atom. The zero-order chi connectivity index (χ0) is 16.7. The maximum Gasteiger partial charge on any atom is 0.0577 e. The molecule has 5 rings (SSSR count). The number of rotatable bonds is 1. The maximum absolute atomic E-state index is 10.1. The molecule has 0 spiro atoms. The Morgan fingerprint density at radius 1 is 1.04 bits per heavy atom. The summed E-state index contributed by atoms with van der Waals surface area (Å²) in [4.78, 5) is 0. The van der Waals surface area contributed by atoms with Gasteiger partial charge in [-0.1, -0.05) is 25.5 Å². The summed E-state index contributed by atoms with van der Waals surface area (Å²) in [5.74, 6) is 5.15. The molecule has 1 saturated heterocycles. The normalized spacial score (nSPS) is 59.2. The Morgan fingerprint density at radius 2 is 1.83 bits per heavy atom. The summed E-state index contributed by atoms with van der Waals surface area (Å²) >= 11 is 2.23. The van der Waals surface area contributed by atoms with E-state index in [1.54, 1.807) is 5.57 Å². The second-order valence-corrected chi connectivity index (χ2v) is 11.9. The monoisotopic (exact) mass is 346 g/mol. The highest BCUT2D eigenvalue weighted by molar-refractivity contribution is 8.07. The molecule has 1 nitrogen and oxygen atoms in total. The van der Waals surface area contributed by atoms with Crippen molar-refractivity contribution < 1.29 is 5.11 Å². The van der Waals surface area contributed by atoms with E-state index in [1.165, 1.54) is 44.3 Å². The highest BCUT2D eigenvalue weighted by Crippen LogP contribution is 2.71. The molecule has 0 aromatic carbocycles. The van der Waals surface area contributed by atoms with Crippen LogP contribution in [0.15, 0.2) is 11.6 Å². The molecule has 0 unspecified atom stereocenters. The molecule has 0 aromatic heterocycles. The van der Waals surface area contributed by atoms with E-state index in [0.29, 0.717) is 15.6 Å². The van der Waals surface area contributed by atoms with Crippen LogP contribution in [0.5, 0.6) is 0 Å². The Balaban J connectivity index is 1.47. The van der Waals surface area contributed by atoms with Gasteiger partial charge in [-0.05, 0) is 92.8 Å². The van der Waals surface area contributed by atoms with Crippen LogP contribution in [0.4, 0.5) is 0 Å². The molecule has 1 heterocycles. The molecule has 3 saturated carbocycles. The third-order valence-electron chi connectivity index (χ3n) is 9.41. The molecule has 1 aliphatic heterocycles. The molecule has 2 heteroatoms. The molecule has 5 aliphatic rings. The van der Waals surface area contributed by atoms with Gasteiger partial charge in [0, 0.05) is 10.5 Å². The zero-order valence-corrected chi connectivity index (χ0v) is 16.5. The lowest BCUT2D eigenvalue weighted by molar-refractivity contribution is -0.0518. The van der Waals surface area contributed by atoms with Crippen molar-refractivity contribution in [1.29, 1.82) is 0 Å². The lowest BCUT2D eigenvalue weighted by Gasteiger charge is -2.58. The van der Waals surface area contributed by atoms with Gasteiger partial charge in [-0.3, -0.25) is 0 Å². The van der Waals surface area contributed by atoms with E-state index in [1.807, 2.05) is 0 Å². The smallest absolute Gasteiger partial charge is 0.0577 e. The molecule has 0 aromatic rings. The van der Waals surface area contributed by atoms with Crippen LogP contribution in [0.2, 0.25) is 0 Å². The molecule has 4 aliphatic carbocycles. The summed E-state index contributed by atoms with van der Waals surface area (Å²) < 4.78 is 0.616. The largest absolute Gasteiger partial charge is 0.393 e. The zero-order valence-electron chi connectivity index (χ0n) is 15.7. The summed E-state index contributed by atoms with van der Waals surface area (Å²) in [6, 6.07) is 0. The second-order valence-electron chi connectivity index (χ2n) is 10.4. The SMILES string of the molecule is C[C@]12CC[C@H]3[C@@H](CC=C4C[C@@H](O)CC[C@@]43C)[C@@H]1CC[C@@H]2[C@]1(C)CS1. The highest BCUT2D eigenvalue weighted by Gasteiger charge is 2.63. The van der Waals surface area contributed by atoms with Gasteiger partial charge in [0.15, 0.2) is 0 Å². The van der Waals surface area contributed by atoms with Crippen LogP contribution in [0, 0.1) is 34.5 Å². The summed E-state index contributed by atoms with van der Waals surface area (Å²) in [5, 5.41) is 10.1. The van der Waals surface area contributed by atoms with Crippen molar-refractivity contribution in [2.24, 2.45) is 34.5 Å². The van der Waals surface area contributed by atoms with Crippen LogP contribution in [-0.4, -0.2) is 21.7 Å². The highest BCUT2D eigenvalue weighted by atomic mass is 32.2. The van der Waals surface area contributed by atoms with Crippen LogP contribution in [0.1, 0.15) is 72.1 Å². The average Bonchev–Trinajstić information content (AvgIpc) is 3.17. The predicted octanol–water partition coefficient (Wildman–Crippen LogP) is 5.43. The predicted molar refractivity (Wildman–Crippen MR) is 102 cm³/mol. The van der Waals surface area contributed by atoms with E-state index < -0.39 is 0 Å². The minimum Gasteiger partial charge on any atom is -0.393 e. The third kappa shape index (κ3) is 2.05. The first kappa shape index (κ1) is 16.2. The Bertz CT molecular complexity index is 579. The third-order valence-corrected chi connectivity index (χ3v) is 10.9. The number of thioether (sulfide) groups is 1. The molecule has 0 bridgehead atoms. The summed E-state index contributed by atoms with van der Waals surface area (Å²) in [6.07, 6.45) is 12.9. The van der Waals surface area contributed by atoms with Gasteiger partial charge in [-0.25, -0.2) is 0 Å². The Kier molecular flexibility index (Phi) is 3.43. The van der Waals surface area contributed by atoms with Crippen molar-refractivity contribution in [3.63, 3.8) is 0 Å². The van der Waals surface area contributed by atoms with Crippen LogP contribution in [0.25, 0.3) is 0 Å². The van der Waals surface area contributed by atoms with Crippen molar-refractivity contribution in [3.05, 3.63) is 11.6 Å².